The fourth-order valence-electron chi connectivity index (χ4n) is 2.85. The fraction of sp³-hybridized carbons (Fsp3) is 0.471. The van der Waals surface area contributed by atoms with Gasteiger partial charge in [-0.15, -0.1) is 0 Å². The summed E-state index contributed by atoms with van der Waals surface area (Å²) in [6, 6.07) is 8.43. The summed E-state index contributed by atoms with van der Waals surface area (Å²) >= 11 is 0. The molecule has 1 saturated heterocycles. The Labute approximate surface area is 135 Å². The second kappa shape index (κ2) is 6.02. The Morgan fingerprint density at radius 3 is 2.35 bits per heavy atom. The number of Topliss-reactive ketones (excluding diaryl/α,β-unsaturated/α-hetero) is 1. The predicted octanol–water partition coefficient (Wildman–Crippen LogP) is 1.97. The number of carbonyl (C=O) groups excluding carboxylic acids is 3. The minimum absolute atomic E-state index is 0.192. The molecule has 0 spiro atoms. The van der Waals surface area contributed by atoms with Gasteiger partial charge in [-0.3, -0.25) is 14.5 Å². The molecule has 0 radical (unpaired) electrons. The van der Waals surface area contributed by atoms with E-state index in [-0.39, 0.29) is 18.7 Å². The smallest absolute Gasteiger partial charge is 0.411 e. The third-order valence-electron chi connectivity index (χ3n) is 3.76. The van der Waals surface area contributed by atoms with Crippen LogP contribution in [0.1, 0.15) is 39.2 Å². The third-order valence-corrected chi connectivity index (χ3v) is 3.76. The molecule has 1 aromatic carbocycles. The molecular weight excluding hydrogens is 296 g/mol. The fourth-order valence-corrected chi connectivity index (χ4v) is 2.85. The van der Waals surface area contributed by atoms with E-state index in [0.29, 0.717) is 12.0 Å². The highest BCUT2D eigenvalue weighted by atomic mass is 16.6. The molecule has 0 aliphatic carbocycles. The third kappa shape index (κ3) is 3.06. The van der Waals surface area contributed by atoms with Crippen LogP contribution in [0.15, 0.2) is 30.3 Å². The molecule has 6 heteroatoms. The molecule has 0 unspecified atom stereocenters. The summed E-state index contributed by atoms with van der Waals surface area (Å²) in [6.45, 7) is 5.42. The maximum Gasteiger partial charge on any atom is 0.411 e. The summed E-state index contributed by atoms with van der Waals surface area (Å²) in [5.74, 6) is -1.24. The molecule has 124 valence electrons. The maximum absolute atomic E-state index is 12.7. The molecule has 1 aliphatic heterocycles. The Morgan fingerprint density at radius 2 is 1.83 bits per heavy atom. The normalized spacial score (nSPS) is 21.9. The van der Waals surface area contributed by atoms with Gasteiger partial charge in [0.05, 0.1) is 0 Å². The molecule has 1 atom stereocenters. The van der Waals surface area contributed by atoms with Crippen LogP contribution in [0.4, 0.5) is 4.79 Å². The number of nitrogens with two attached hydrogens (primary N) is 1. The van der Waals surface area contributed by atoms with Crippen molar-refractivity contribution in [2.24, 2.45) is 5.73 Å². The average Bonchev–Trinajstić information content (AvgIpc) is 2.45. The van der Waals surface area contributed by atoms with Crippen molar-refractivity contribution in [1.29, 1.82) is 0 Å². The molecular formula is C17H22N2O4. The van der Waals surface area contributed by atoms with Gasteiger partial charge in [0.25, 0.3) is 5.91 Å². The van der Waals surface area contributed by atoms with Gasteiger partial charge >= 0.3 is 6.09 Å². The van der Waals surface area contributed by atoms with Gasteiger partial charge in [0.1, 0.15) is 5.60 Å². The van der Waals surface area contributed by atoms with Crippen LogP contribution < -0.4 is 5.73 Å². The van der Waals surface area contributed by atoms with E-state index in [1.54, 1.807) is 51.1 Å². The quantitative estimate of drug-likeness (QED) is 0.844. The van der Waals surface area contributed by atoms with Crippen molar-refractivity contribution < 1.29 is 19.1 Å². The van der Waals surface area contributed by atoms with Crippen molar-refractivity contribution in [3.63, 3.8) is 0 Å². The van der Waals surface area contributed by atoms with E-state index in [0.717, 1.165) is 0 Å². The molecule has 2 amide bonds. The number of likely N-dealkylation sites (tertiary alicyclic amines) is 1. The lowest BCUT2D eigenvalue weighted by Gasteiger charge is -2.43. The number of primary amides is 1. The van der Waals surface area contributed by atoms with E-state index in [4.69, 9.17) is 10.5 Å². The topological polar surface area (TPSA) is 89.7 Å². The first-order chi connectivity index (χ1) is 10.7. The SMILES string of the molecule is CC(C)(C)OC(=O)N1CCCC(=O)[C@]1(C(N)=O)c1ccccc1. The van der Waals surface area contributed by atoms with Crippen LogP contribution >= 0.6 is 0 Å². The molecule has 1 heterocycles. The zero-order valence-electron chi connectivity index (χ0n) is 13.7. The zero-order chi connectivity index (χ0) is 17.3. The maximum atomic E-state index is 12.7. The summed E-state index contributed by atoms with van der Waals surface area (Å²) in [6.07, 6.45) is -0.0509. The Balaban J connectivity index is 2.56. The van der Waals surface area contributed by atoms with Crippen LogP contribution in [0.3, 0.4) is 0 Å². The van der Waals surface area contributed by atoms with Gasteiger partial charge in [-0.1, -0.05) is 30.3 Å². The molecule has 0 aromatic heterocycles. The molecule has 2 N–H and O–H groups in total. The molecule has 0 bridgehead atoms. The number of benzene rings is 1. The summed E-state index contributed by atoms with van der Waals surface area (Å²) in [5.41, 5.74) is 3.46. The number of amides is 2. The molecule has 2 rings (SSSR count). The molecule has 1 fully saturated rings. The Bertz CT molecular complexity index is 621. The van der Waals surface area contributed by atoms with Crippen molar-refractivity contribution in [2.75, 3.05) is 6.54 Å². The lowest BCUT2D eigenvalue weighted by atomic mass is 9.78. The van der Waals surface area contributed by atoms with Crippen LogP contribution in [0, 0.1) is 0 Å². The highest BCUT2D eigenvalue weighted by Crippen LogP contribution is 2.36. The number of hydrogen-bond donors (Lipinski definition) is 1. The molecule has 0 saturated carbocycles. The van der Waals surface area contributed by atoms with Gasteiger partial charge < -0.3 is 10.5 Å². The summed E-state index contributed by atoms with van der Waals surface area (Å²) in [4.78, 5) is 38.8. The van der Waals surface area contributed by atoms with Crippen LogP contribution in [-0.2, 0) is 19.9 Å². The highest BCUT2D eigenvalue weighted by molar-refractivity contribution is 6.13. The first kappa shape index (κ1) is 17.0. The number of ketones is 1. The summed E-state index contributed by atoms with van der Waals surface area (Å²) < 4.78 is 5.38. The molecule has 23 heavy (non-hydrogen) atoms. The minimum atomic E-state index is -1.80. The zero-order valence-corrected chi connectivity index (χ0v) is 13.7. The predicted molar refractivity (Wildman–Crippen MR) is 84.5 cm³/mol. The van der Waals surface area contributed by atoms with E-state index in [1.807, 2.05) is 0 Å². The number of rotatable bonds is 2. The van der Waals surface area contributed by atoms with Crippen molar-refractivity contribution in [2.45, 2.75) is 44.8 Å². The van der Waals surface area contributed by atoms with Gasteiger partial charge in [0.2, 0.25) is 5.54 Å². The van der Waals surface area contributed by atoms with E-state index < -0.39 is 23.1 Å². The van der Waals surface area contributed by atoms with E-state index >= 15 is 0 Å². The first-order valence-corrected chi connectivity index (χ1v) is 7.59. The minimum Gasteiger partial charge on any atom is -0.444 e. The number of piperidine rings is 1. The number of carbonyl (C=O) groups is 3. The van der Waals surface area contributed by atoms with Crippen molar-refractivity contribution in [1.82, 2.24) is 4.90 Å². The lowest BCUT2D eigenvalue weighted by Crippen LogP contribution is -2.64. The summed E-state index contributed by atoms with van der Waals surface area (Å²) in [5, 5.41) is 0. The Kier molecular flexibility index (Phi) is 4.45. The van der Waals surface area contributed by atoms with Crippen LogP contribution in [0.5, 0.6) is 0 Å². The first-order valence-electron chi connectivity index (χ1n) is 7.59. The van der Waals surface area contributed by atoms with Gasteiger partial charge in [-0.2, -0.15) is 0 Å². The molecule has 1 aliphatic rings. The van der Waals surface area contributed by atoms with Crippen LogP contribution in [-0.4, -0.2) is 34.8 Å². The van der Waals surface area contributed by atoms with E-state index in [2.05, 4.69) is 0 Å². The lowest BCUT2D eigenvalue weighted by molar-refractivity contribution is -0.147. The Morgan fingerprint density at radius 1 is 1.22 bits per heavy atom. The number of ether oxygens (including phenoxy) is 1. The molecule has 1 aromatic rings. The average molecular weight is 318 g/mol. The Hall–Kier alpha value is -2.37. The monoisotopic (exact) mass is 318 g/mol. The summed E-state index contributed by atoms with van der Waals surface area (Å²) in [7, 11) is 0. The molecule has 6 nitrogen and oxygen atoms in total. The standard InChI is InChI=1S/C17H22N2O4/c1-16(2,3)23-15(22)19-11-7-10-13(20)17(19,14(18)21)12-8-5-4-6-9-12/h4-6,8-9H,7,10-11H2,1-3H3,(H2,18,21)/t17-/m0/s1. The van der Waals surface area contributed by atoms with E-state index in [9.17, 15) is 14.4 Å². The largest absolute Gasteiger partial charge is 0.444 e. The van der Waals surface area contributed by atoms with E-state index in [1.165, 1.54) is 4.90 Å². The van der Waals surface area contributed by atoms with Gasteiger partial charge in [-0.25, -0.2) is 4.79 Å². The second-order valence-corrected chi connectivity index (χ2v) is 6.60. The van der Waals surface area contributed by atoms with Crippen molar-refractivity contribution in [3.8, 4) is 0 Å². The van der Waals surface area contributed by atoms with Gasteiger partial charge in [0, 0.05) is 13.0 Å². The highest BCUT2D eigenvalue weighted by Gasteiger charge is 2.55. The van der Waals surface area contributed by atoms with Crippen LogP contribution in [0.2, 0.25) is 0 Å². The van der Waals surface area contributed by atoms with Crippen molar-refractivity contribution in [3.05, 3.63) is 35.9 Å². The van der Waals surface area contributed by atoms with Crippen molar-refractivity contribution >= 4 is 17.8 Å². The second-order valence-electron chi connectivity index (χ2n) is 6.60. The van der Waals surface area contributed by atoms with Crippen LogP contribution in [0.25, 0.3) is 0 Å². The van der Waals surface area contributed by atoms with Gasteiger partial charge in [0.15, 0.2) is 5.78 Å². The number of nitrogens with zero attached hydrogens (tertiary/aromatic N) is 1. The van der Waals surface area contributed by atoms with Gasteiger partial charge in [-0.05, 0) is 32.8 Å². The number of hydrogen-bond acceptors (Lipinski definition) is 4.